The highest BCUT2D eigenvalue weighted by Gasteiger charge is 2.25. The van der Waals surface area contributed by atoms with Gasteiger partial charge >= 0.3 is 0 Å². The Balaban J connectivity index is 2.26. The van der Waals surface area contributed by atoms with E-state index in [0.29, 0.717) is 30.1 Å². The number of rotatable bonds is 5. The molecular formula is C15H18FN2O3. The summed E-state index contributed by atoms with van der Waals surface area (Å²) in [4.78, 5) is 11.2. The van der Waals surface area contributed by atoms with Crippen LogP contribution >= 0.6 is 0 Å². The van der Waals surface area contributed by atoms with Gasteiger partial charge in [-0.05, 0) is 19.1 Å². The molecule has 1 unspecified atom stereocenters. The summed E-state index contributed by atoms with van der Waals surface area (Å²) in [6, 6.07) is 3.20. The molecule has 0 saturated carbocycles. The van der Waals surface area contributed by atoms with E-state index in [2.05, 4.69) is 17.5 Å². The third-order valence-electron chi connectivity index (χ3n) is 3.30. The van der Waals surface area contributed by atoms with Crippen molar-refractivity contribution in [2.75, 3.05) is 13.2 Å². The zero-order valence-electron chi connectivity index (χ0n) is 11.9. The van der Waals surface area contributed by atoms with Crippen LogP contribution in [0, 0.1) is 18.7 Å². The number of hydrogen-bond donors (Lipinski definition) is 2. The number of benzene rings is 1. The monoisotopic (exact) mass is 293 g/mol. The highest BCUT2D eigenvalue weighted by molar-refractivity contribution is 6.06. The first-order valence-corrected chi connectivity index (χ1v) is 6.79. The summed E-state index contributed by atoms with van der Waals surface area (Å²) in [5.41, 5.74) is 3.34. The first kappa shape index (κ1) is 15.4. The van der Waals surface area contributed by atoms with Crippen LogP contribution in [0.15, 0.2) is 17.2 Å². The maximum absolute atomic E-state index is 14.4. The predicted octanol–water partition coefficient (Wildman–Crippen LogP) is 1.63. The van der Waals surface area contributed by atoms with Gasteiger partial charge in [0, 0.05) is 36.5 Å². The van der Waals surface area contributed by atoms with E-state index in [9.17, 15) is 9.18 Å². The third-order valence-corrected chi connectivity index (χ3v) is 3.30. The van der Waals surface area contributed by atoms with Gasteiger partial charge in [0.25, 0.3) is 0 Å². The number of ether oxygens (including phenoxy) is 1. The molecule has 1 aromatic carbocycles. The van der Waals surface area contributed by atoms with Crippen molar-refractivity contribution in [1.82, 2.24) is 5.43 Å². The average molecular weight is 293 g/mol. The molecule has 2 rings (SSSR count). The number of carbonyl (C=O) groups excluding carboxylic acids is 1. The summed E-state index contributed by atoms with van der Waals surface area (Å²) >= 11 is 0. The molecule has 1 heterocycles. The van der Waals surface area contributed by atoms with E-state index in [-0.39, 0.29) is 30.4 Å². The second kappa shape index (κ2) is 6.67. The van der Waals surface area contributed by atoms with Crippen molar-refractivity contribution in [3.8, 4) is 5.75 Å². The van der Waals surface area contributed by atoms with Crippen LogP contribution in [0.4, 0.5) is 4.39 Å². The molecule has 0 saturated heterocycles. The minimum atomic E-state index is -0.502. The lowest BCUT2D eigenvalue weighted by molar-refractivity contribution is -0.121. The number of halogens is 1. The molecule has 1 aromatic rings. The van der Waals surface area contributed by atoms with Crippen LogP contribution in [0.3, 0.4) is 0 Å². The first-order chi connectivity index (χ1) is 10.0. The topological polar surface area (TPSA) is 70.9 Å². The Labute approximate surface area is 122 Å². The second-order valence-electron chi connectivity index (χ2n) is 4.97. The van der Waals surface area contributed by atoms with E-state index in [1.165, 1.54) is 0 Å². The number of aliphatic hydroxyl groups excluding tert-OH is 1. The van der Waals surface area contributed by atoms with E-state index in [1.807, 2.05) is 6.92 Å². The van der Waals surface area contributed by atoms with Gasteiger partial charge in [-0.1, -0.05) is 6.92 Å². The fraction of sp³-hybridized carbons (Fsp3) is 0.400. The Bertz CT molecular complexity index is 572. The van der Waals surface area contributed by atoms with Gasteiger partial charge in [0.2, 0.25) is 5.91 Å². The van der Waals surface area contributed by atoms with Gasteiger partial charge in [-0.2, -0.15) is 5.10 Å². The van der Waals surface area contributed by atoms with E-state index in [1.54, 1.807) is 12.1 Å². The minimum Gasteiger partial charge on any atom is -0.493 e. The molecule has 0 aliphatic carbocycles. The molecule has 113 valence electrons. The Hall–Kier alpha value is -1.95. The summed E-state index contributed by atoms with van der Waals surface area (Å²) in [6.07, 6.45) is 0.748. The average Bonchev–Trinajstić information content (AvgIpc) is 2.45. The fourth-order valence-corrected chi connectivity index (χ4v) is 2.16. The molecule has 1 atom stereocenters. The zero-order chi connectivity index (χ0) is 15.4. The Morgan fingerprint density at radius 1 is 1.57 bits per heavy atom. The highest BCUT2D eigenvalue weighted by atomic mass is 19.1. The maximum atomic E-state index is 14.4. The molecule has 0 aromatic heterocycles. The molecular weight excluding hydrogens is 275 g/mol. The van der Waals surface area contributed by atoms with Crippen LogP contribution in [0.25, 0.3) is 0 Å². The fourth-order valence-electron chi connectivity index (χ4n) is 2.16. The van der Waals surface area contributed by atoms with Crippen molar-refractivity contribution >= 4 is 11.6 Å². The molecule has 0 bridgehead atoms. The van der Waals surface area contributed by atoms with Crippen LogP contribution in [0.5, 0.6) is 5.75 Å². The largest absolute Gasteiger partial charge is 0.493 e. The molecule has 1 radical (unpaired) electrons. The van der Waals surface area contributed by atoms with Gasteiger partial charge in [-0.3, -0.25) is 4.79 Å². The number of carbonyl (C=O) groups is 1. The van der Waals surface area contributed by atoms with Crippen LogP contribution in [0.2, 0.25) is 0 Å². The van der Waals surface area contributed by atoms with E-state index < -0.39 is 5.82 Å². The standard InChI is InChI=1S/C15H18FN2O3/c1-9-8-13(20)17-18-15(9)11-4-5-12(10(2)14(11)16)21-7-3-6-19/h4-5,9,19H,2-3,6-8H2,1H3,(H,17,20). The Morgan fingerprint density at radius 3 is 3.00 bits per heavy atom. The molecule has 1 aliphatic heterocycles. The third kappa shape index (κ3) is 3.39. The molecule has 0 fully saturated rings. The number of hydrogen-bond acceptors (Lipinski definition) is 4. The van der Waals surface area contributed by atoms with Crippen LogP contribution < -0.4 is 10.2 Å². The normalized spacial score (nSPS) is 18.2. The molecule has 0 spiro atoms. The van der Waals surface area contributed by atoms with Gasteiger partial charge in [0.15, 0.2) is 0 Å². The molecule has 6 heteroatoms. The van der Waals surface area contributed by atoms with E-state index in [0.717, 1.165) is 0 Å². The molecule has 1 amide bonds. The van der Waals surface area contributed by atoms with Crippen molar-refractivity contribution < 1.29 is 19.0 Å². The first-order valence-electron chi connectivity index (χ1n) is 6.79. The second-order valence-corrected chi connectivity index (χ2v) is 4.97. The predicted molar refractivity (Wildman–Crippen MR) is 76.5 cm³/mol. The van der Waals surface area contributed by atoms with Gasteiger partial charge in [0.05, 0.1) is 12.3 Å². The summed E-state index contributed by atoms with van der Waals surface area (Å²) in [6.45, 7) is 5.83. The summed E-state index contributed by atoms with van der Waals surface area (Å²) < 4.78 is 19.8. The van der Waals surface area contributed by atoms with Gasteiger partial charge in [-0.15, -0.1) is 0 Å². The molecule has 21 heavy (non-hydrogen) atoms. The number of nitrogens with zero attached hydrogens (tertiary/aromatic N) is 1. The molecule has 5 nitrogen and oxygen atoms in total. The quantitative estimate of drug-likeness (QED) is 0.811. The summed E-state index contributed by atoms with van der Waals surface area (Å²) in [5, 5.41) is 12.7. The van der Waals surface area contributed by atoms with Gasteiger partial charge in [-0.25, -0.2) is 9.82 Å². The Kier molecular flexibility index (Phi) is 4.90. The highest BCUT2D eigenvalue weighted by Crippen LogP contribution is 2.27. The van der Waals surface area contributed by atoms with Crippen LogP contribution in [-0.4, -0.2) is 29.9 Å². The number of aliphatic hydroxyl groups is 1. The SMILES string of the molecule is [CH2]c1c(OCCCO)ccc(C2=NNC(=O)CC2C)c1F. The van der Waals surface area contributed by atoms with E-state index >= 15 is 0 Å². The van der Waals surface area contributed by atoms with Gasteiger partial charge in [0.1, 0.15) is 11.6 Å². The lowest BCUT2D eigenvalue weighted by Crippen LogP contribution is -2.32. The number of amides is 1. The molecule has 1 aliphatic rings. The minimum absolute atomic E-state index is 0.0149. The summed E-state index contributed by atoms with van der Waals surface area (Å²) in [7, 11) is 0. The Morgan fingerprint density at radius 2 is 2.33 bits per heavy atom. The number of hydrazone groups is 1. The summed E-state index contributed by atoms with van der Waals surface area (Å²) in [5.74, 6) is -0.490. The van der Waals surface area contributed by atoms with Gasteiger partial charge < -0.3 is 9.84 Å². The van der Waals surface area contributed by atoms with E-state index in [4.69, 9.17) is 9.84 Å². The lowest BCUT2D eigenvalue weighted by Gasteiger charge is -2.20. The van der Waals surface area contributed by atoms with Crippen LogP contribution in [-0.2, 0) is 4.79 Å². The van der Waals surface area contributed by atoms with Crippen molar-refractivity contribution in [2.45, 2.75) is 19.8 Å². The lowest BCUT2D eigenvalue weighted by atomic mass is 9.92. The van der Waals surface area contributed by atoms with Crippen LogP contribution in [0.1, 0.15) is 30.9 Å². The number of nitrogens with one attached hydrogen (secondary N) is 1. The maximum Gasteiger partial charge on any atom is 0.240 e. The van der Waals surface area contributed by atoms with Crippen molar-refractivity contribution in [3.05, 3.63) is 36.0 Å². The van der Waals surface area contributed by atoms with Crippen molar-refractivity contribution in [3.63, 3.8) is 0 Å². The van der Waals surface area contributed by atoms with Crippen molar-refractivity contribution in [1.29, 1.82) is 0 Å². The van der Waals surface area contributed by atoms with Crippen molar-refractivity contribution in [2.24, 2.45) is 11.0 Å². The molecule has 2 N–H and O–H groups in total. The smallest absolute Gasteiger partial charge is 0.240 e. The zero-order valence-corrected chi connectivity index (χ0v) is 11.9.